The molecule has 2 fully saturated rings. The predicted molar refractivity (Wildman–Crippen MR) is 91.1 cm³/mol. The minimum atomic E-state index is -0.384. The zero-order chi connectivity index (χ0) is 16.9. The van der Waals surface area contributed by atoms with E-state index in [1.54, 1.807) is 13.0 Å². The summed E-state index contributed by atoms with van der Waals surface area (Å²) in [6.07, 6.45) is 8.70. The maximum atomic E-state index is 12.5. The second-order valence-electron chi connectivity index (χ2n) is 7.13. The fourth-order valence-electron chi connectivity index (χ4n) is 3.83. The highest BCUT2D eigenvalue weighted by Crippen LogP contribution is 2.27. The lowest BCUT2D eigenvalue weighted by Crippen LogP contribution is -2.42. The molecular formula is C19H27NO4. The van der Waals surface area contributed by atoms with Crippen LogP contribution in [0.25, 0.3) is 0 Å². The van der Waals surface area contributed by atoms with Gasteiger partial charge in [0.15, 0.2) is 0 Å². The third-order valence-electron chi connectivity index (χ3n) is 5.15. The van der Waals surface area contributed by atoms with Crippen LogP contribution in [0.3, 0.4) is 0 Å². The monoisotopic (exact) mass is 333 g/mol. The van der Waals surface area contributed by atoms with Crippen LogP contribution < -0.4 is 10.4 Å². The van der Waals surface area contributed by atoms with Gasteiger partial charge in [-0.15, -0.1) is 0 Å². The molecule has 0 atom stereocenters. The van der Waals surface area contributed by atoms with E-state index >= 15 is 0 Å². The van der Waals surface area contributed by atoms with Crippen molar-refractivity contribution < 1.29 is 13.9 Å². The molecule has 2 heterocycles. The topological polar surface area (TPSA) is 59.8 Å². The molecule has 1 saturated heterocycles. The second-order valence-corrected chi connectivity index (χ2v) is 7.13. The zero-order valence-electron chi connectivity index (χ0n) is 14.5. The molecule has 3 rings (SSSR count). The maximum Gasteiger partial charge on any atom is 0.339 e. The summed E-state index contributed by atoms with van der Waals surface area (Å²) in [6, 6.07) is 3.12. The molecule has 1 amide bonds. The number of amides is 1. The minimum absolute atomic E-state index is 0.0601. The number of hydrogen-bond donors (Lipinski definition) is 0. The van der Waals surface area contributed by atoms with E-state index in [0.29, 0.717) is 29.8 Å². The molecule has 0 radical (unpaired) electrons. The molecule has 1 aliphatic carbocycles. The van der Waals surface area contributed by atoms with Crippen molar-refractivity contribution in [2.45, 2.75) is 64.4 Å². The normalized spacial score (nSPS) is 20.1. The van der Waals surface area contributed by atoms with Crippen molar-refractivity contribution in [2.75, 3.05) is 13.1 Å². The smallest absolute Gasteiger partial charge is 0.339 e. The van der Waals surface area contributed by atoms with Crippen LogP contribution in [0, 0.1) is 12.8 Å². The third-order valence-corrected chi connectivity index (χ3v) is 5.15. The van der Waals surface area contributed by atoms with Gasteiger partial charge in [-0.05, 0) is 25.7 Å². The molecule has 0 N–H and O–H groups in total. The van der Waals surface area contributed by atoms with Gasteiger partial charge in [0.1, 0.15) is 17.6 Å². The van der Waals surface area contributed by atoms with E-state index in [4.69, 9.17) is 9.15 Å². The van der Waals surface area contributed by atoms with Crippen molar-refractivity contribution in [1.82, 2.24) is 4.90 Å². The van der Waals surface area contributed by atoms with Gasteiger partial charge in [0.25, 0.3) is 0 Å². The molecule has 5 heteroatoms. The van der Waals surface area contributed by atoms with Gasteiger partial charge in [-0.25, -0.2) is 4.79 Å². The van der Waals surface area contributed by atoms with Gasteiger partial charge in [-0.2, -0.15) is 0 Å². The first-order valence-electron chi connectivity index (χ1n) is 9.16. The molecule has 24 heavy (non-hydrogen) atoms. The predicted octanol–water partition coefficient (Wildman–Crippen LogP) is 3.29. The minimum Gasteiger partial charge on any atom is -0.490 e. The summed E-state index contributed by atoms with van der Waals surface area (Å²) < 4.78 is 10.8. The van der Waals surface area contributed by atoms with Crippen LogP contribution in [0.5, 0.6) is 5.75 Å². The molecule has 0 aromatic carbocycles. The van der Waals surface area contributed by atoms with Crippen molar-refractivity contribution in [3.63, 3.8) is 0 Å². The maximum absolute atomic E-state index is 12.5. The van der Waals surface area contributed by atoms with Crippen LogP contribution in [-0.4, -0.2) is 30.0 Å². The Hall–Kier alpha value is -1.78. The van der Waals surface area contributed by atoms with E-state index in [-0.39, 0.29) is 11.7 Å². The van der Waals surface area contributed by atoms with Gasteiger partial charge >= 0.3 is 5.63 Å². The molecule has 1 aliphatic heterocycles. The second kappa shape index (κ2) is 7.86. The van der Waals surface area contributed by atoms with Gasteiger partial charge < -0.3 is 14.1 Å². The largest absolute Gasteiger partial charge is 0.490 e. The van der Waals surface area contributed by atoms with E-state index < -0.39 is 0 Å². The molecule has 132 valence electrons. The first kappa shape index (κ1) is 17.1. The summed E-state index contributed by atoms with van der Waals surface area (Å²) in [6.45, 7) is 3.23. The summed E-state index contributed by atoms with van der Waals surface area (Å²) in [7, 11) is 0. The Morgan fingerprint density at radius 2 is 1.88 bits per heavy atom. The standard InChI is InChI=1S/C19H27NO4/c1-14-11-17(13-19(22)23-14)24-16-7-9-20(10-8-16)18(21)12-15-5-3-2-4-6-15/h11,13,15-16H,2-10,12H2,1H3. The van der Waals surface area contributed by atoms with Crippen LogP contribution in [0.1, 0.15) is 57.1 Å². The summed E-state index contributed by atoms with van der Waals surface area (Å²) >= 11 is 0. The van der Waals surface area contributed by atoms with Crippen molar-refractivity contribution >= 4 is 5.91 Å². The van der Waals surface area contributed by atoms with Gasteiger partial charge in [-0.1, -0.05) is 19.3 Å². The fraction of sp³-hybridized carbons (Fsp3) is 0.684. The highest BCUT2D eigenvalue weighted by Gasteiger charge is 2.26. The Labute approximate surface area is 143 Å². The number of rotatable bonds is 4. The Bertz CT molecular complexity index is 610. The molecule has 1 saturated carbocycles. The number of piperidine rings is 1. The van der Waals surface area contributed by atoms with E-state index in [0.717, 1.165) is 25.9 Å². The van der Waals surface area contributed by atoms with Gasteiger partial charge in [-0.3, -0.25) is 4.79 Å². The van der Waals surface area contributed by atoms with Crippen molar-refractivity contribution in [3.8, 4) is 5.75 Å². The number of aryl methyl sites for hydroxylation is 1. The van der Waals surface area contributed by atoms with Crippen LogP contribution >= 0.6 is 0 Å². The summed E-state index contributed by atoms with van der Waals surface area (Å²) in [5.41, 5.74) is -0.384. The van der Waals surface area contributed by atoms with Crippen molar-refractivity contribution in [1.29, 1.82) is 0 Å². The Balaban J connectivity index is 1.46. The van der Waals surface area contributed by atoms with Crippen LogP contribution in [0.15, 0.2) is 21.3 Å². The summed E-state index contributed by atoms with van der Waals surface area (Å²) in [5, 5.41) is 0. The van der Waals surface area contributed by atoms with E-state index in [1.165, 1.54) is 38.2 Å². The molecule has 0 unspecified atom stereocenters. The SMILES string of the molecule is Cc1cc(OC2CCN(C(=O)CC3CCCCC3)CC2)cc(=O)o1. The molecular weight excluding hydrogens is 306 g/mol. The quantitative estimate of drug-likeness (QED) is 0.848. The molecule has 0 spiro atoms. The molecule has 1 aromatic heterocycles. The molecule has 5 nitrogen and oxygen atoms in total. The first-order chi connectivity index (χ1) is 11.6. The van der Waals surface area contributed by atoms with E-state index in [9.17, 15) is 9.59 Å². The highest BCUT2D eigenvalue weighted by atomic mass is 16.5. The summed E-state index contributed by atoms with van der Waals surface area (Å²) in [5.74, 6) is 2.01. The summed E-state index contributed by atoms with van der Waals surface area (Å²) in [4.78, 5) is 25.8. The number of ether oxygens (including phenoxy) is 1. The molecule has 0 bridgehead atoms. The number of nitrogens with zero attached hydrogens (tertiary/aromatic N) is 1. The van der Waals surface area contributed by atoms with Gasteiger partial charge in [0.2, 0.25) is 5.91 Å². The van der Waals surface area contributed by atoms with Crippen LogP contribution in [0.4, 0.5) is 0 Å². The lowest BCUT2D eigenvalue weighted by Gasteiger charge is -2.33. The van der Waals surface area contributed by atoms with E-state index in [2.05, 4.69) is 0 Å². The number of hydrogen-bond acceptors (Lipinski definition) is 4. The molecule has 2 aliphatic rings. The first-order valence-corrected chi connectivity index (χ1v) is 9.16. The average molecular weight is 333 g/mol. The van der Waals surface area contributed by atoms with Crippen LogP contribution in [-0.2, 0) is 4.79 Å². The number of carbonyl (C=O) groups is 1. The van der Waals surface area contributed by atoms with Gasteiger partial charge in [0, 0.05) is 38.4 Å². The average Bonchev–Trinajstić information content (AvgIpc) is 2.55. The number of likely N-dealkylation sites (tertiary alicyclic amines) is 1. The number of carbonyl (C=O) groups excluding carboxylic acids is 1. The lowest BCUT2D eigenvalue weighted by atomic mass is 9.86. The van der Waals surface area contributed by atoms with Crippen molar-refractivity contribution in [2.24, 2.45) is 5.92 Å². The van der Waals surface area contributed by atoms with Gasteiger partial charge in [0.05, 0.1) is 6.07 Å². The lowest BCUT2D eigenvalue weighted by molar-refractivity contribution is -0.134. The van der Waals surface area contributed by atoms with Crippen molar-refractivity contribution in [3.05, 3.63) is 28.3 Å². The van der Waals surface area contributed by atoms with Crippen LogP contribution in [0.2, 0.25) is 0 Å². The third kappa shape index (κ3) is 4.62. The fourth-order valence-corrected chi connectivity index (χ4v) is 3.83. The van der Waals surface area contributed by atoms with E-state index in [1.807, 2.05) is 4.90 Å². The Kier molecular flexibility index (Phi) is 5.59. The Morgan fingerprint density at radius 1 is 1.17 bits per heavy atom. The zero-order valence-corrected chi connectivity index (χ0v) is 14.5. The Morgan fingerprint density at radius 3 is 2.54 bits per heavy atom. The molecule has 1 aromatic rings. The highest BCUT2D eigenvalue weighted by molar-refractivity contribution is 5.76.